The number of fused-ring (bicyclic) bond motifs is 1. The molecular formula is C10H13N5O2S. The molecule has 0 radical (unpaired) electrons. The van der Waals surface area contributed by atoms with E-state index in [4.69, 9.17) is 0 Å². The van der Waals surface area contributed by atoms with E-state index < -0.39 is 9.84 Å². The van der Waals surface area contributed by atoms with E-state index in [1.165, 1.54) is 6.33 Å². The molecule has 1 aliphatic rings. The number of nitrogens with one attached hydrogen (secondary N) is 2. The molecule has 1 fully saturated rings. The van der Waals surface area contributed by atoms with Crippen LogP contribution in [0.15, 0.2) is 12.7 Å². The SMILES string of the molecule is O=S1(=O)CCC(CNc2ncnc3nc[nH]c23)C1. The maximum Gasteiger partial charge on any atom is 0.182 e. The molecule has 96 valence electrons. The highest BCUT2D eigenvalue weighted by atomic mass is 32.2. The van der Waals surface area contributed by atoms with Crippen molar-refractivity contribution in [2.75, 3.05) is 23.4 Å². The zero-order valence-corrected chi connectivity index (χ0v) is 10.4. The molecule has 3 rings (SSSR count). The van der Waals surface area contributed by atoms with Crippen LogP contribution in [-0.4, -0.2) is 46.4 Å². The molecule has 2 aromatic rings. The van der Waals surface area contributed by atoms with Gasteiger partial charge in [0.15, 0.2) is 21.3 Å². The van der Waals surface area contributed by atoms with Crippen molar-refractivity contribution in [1.82, 2.24) is 19.9 Å². The largest absolute Gasteiger partial charge is 0.368 e. The minimum absolute atomic E-state index is 0.155. The summed E-state index contributed by atoms with van der Waals surface area (Å²) in [6, 6.07) is 0. The van der Waals surface area contributed by atoms with E-state index in [2.05, 4.69) is 25.3 Å². The normalized spacial score (nSPS) is 22.3. The highest BCUT2D eigenvalue weighted by molar-refractivity contribution is 7.91. The van der Waals surface area contributed by atoms with Crippen molar-refractivity contribution in [3.8, 4) is 0 Å². The first-order valence-corrected chi connectivity index (χ1v) is 7.54. The Hall–Kier alpha value is -1.70. The van der Waals surface area contributed by atoms with Gasteiger partial charge in [-0.1, -0.05) is 0 Å². The quantitative estimate of drug-likeness (QED) is 0.824. The van der Waals surface area contributed by atoms with Crippen molar-refractivity contribution in [3.05, 3.63) is 12.7 Å². The Kier molecular flexibility index (Phi) is 2.66. The standard InChI is InChI=1S/C10H13N5O2S/c16-18(17)2-1-7(4-18)3-11-9-8-10(13-5-12-8)15-6-14-9/h5-7H,1-4H2,(H2,11,12,13,14,15). The van der Waals surface area contributed by atoms with Gasteiger partial charge in [0.25, 0.3) is 0 Å². The summed E-state index contributed by atoms with van der Waals surface area (Å²) in [6.45, 7) is 0.602. The van der Waals surface area contributed by atoms with Crippen LogP contribution in [0.4, 0.5) is 5.82 Å². The van der Waals surface area contributed by atoms with Crippen LogP contribution in [0.1, 0.15) is 6.42 Å². The van der Waals surface area contributed by atoms with E-state index in [0.29, 0.717) is 30.2 Å². The van der Waals surface area contributed by atoms with Crippen LogP contribution in [0, 0.1) is 5.92 Å². The van der Waals surface area contributed by atoms with E-state index in [9.17, 15) is 8.42 Å². The van der Waals surface area contributed by atoms with Crippen LogP contribution in [0.5, 0.6) is 0 Å². The zero-order chi connectivity index (χ0) is 12.6. The predicted octanol–water partition coefficient (Wildman–Crippen LogP) is 0.199. The van der Waals surface area contributed by atoms with Crippen molar-refractivity contribution < 1.29 is 8.42 Å². The Balaban J connectivity index is 1.72. The van der Waals surface area contributed by atoms with E-state index in [1.807, 2.05) is 0 Å². The van der Waals surface area contributed by atoms with Gasteiger partial charge in [-0.05, 0) is 12.3 Å². The van der Waals surface area contributed by atoms with Crippen LogP contribution in [0.3, 0.4) is 0 Å². The first kappa shape index (κ1) is 11.4. The summed E-state index contributed by atoms with van der Waals surface area (Å²) in [4.78, 5) is 15.2. The molecule has 0 aliphatic carbocycles. The molecular weight excluding hydrogens is 254 g/mol. The summed E-state index contributed by atoms with van der Waals surface area (Å²) in [6.07, 6.45) is 3.72. The van der Waals surface area contributed by atoms with Gasteiger partial charge in [0.1, 0.15) is 11.8 Å². The molecule has 0 saturated carbocycles. The van der Waals surface area contributed by atoms with Gasteiger partial charge in [-0.2, -0.15) is 0 Å². The lowest BCUT2D eigenvalue weighted by Crippen LogP contribution is -2.16. The Morgan fingerprint density at radius 2 is 2.28 bits per heavy atom. The molecule has 1 unspecified atom stereocenters. The van der Waals surface area contributed by atoms with Gasteiger partial charge in [0.2, 0.25) is 0 Å². The Bertz CT molecular complexity index is 666. The fourth-order valence-electron chi connectivity index (χ4n) is 2.17. The number of imidazole rings is 1. The lowest BCUT2D eigenvalue weighted by Gasteiger charge is -2.10. The number of hydrogen-bond acceptors (Lipinski definition) is 6. The van der Waals surface area contributed by atoms with Crippen LogP contribution in [-0.2, 0) is 9.84 Å². The van der Waals surface area contributed by atoms with Gasteiger partial charge in [-0.15, -0.1) is 0 Å². The molecule has 0 amide bonds. The Morgan fingerprint density at radius 3 is 3.06 bits per heavy atom. The Labute approximate surface area is 104 Å². The third-order valence-electron chi connectivity index (χ3n) is 3.11. The van der Waals surface area contributed by atoms with Gasteiger partial charge in [-0.25, -0.2) is 23.4 Å². The summed E-state index contributed by atoms with van der Waals surface area (Å²) in [5.41, 5.74) is 1.35. The van der Waals surface area contributed by atoms with Gasteiger partial charge in [0.05, 0.1) is 17.8 Å². The average Bonchev–Trinajstić information content (AvgIpc) is 2.92. The molecule has 7 nitrogen and oxygen atoms in total. The van der Waals surface area contributed by atoms with E-state index in [-0.39, 0.29) is 11.7 Å². The monoisotopic (exact) mass is 267 g/mol. The second kappa shape index (κ2) is 4.20. The van der Waals surface area contributed by atoms with Crippen LogP contribution < -0.4 is 5.32 Å². The lowest BCUT2D eigenvalue weighted by atomic mass is 10.1. The third kappa shape index (κ3) is 2.15. The molecule has 0 spiro atoms. The Morgan fingerprint density at radius 1 is 1.39 bits per heavy atom. The third-order valence-corrected chi connectivity index (χ3v) is 4.94. The second-order valence-corrected chi connectivity index (χ2v) is 6.70. The number of anilines is 1. The molecule has 2 aromatic heterocycles. The molecule has 8 heteroatoms. The molecule has 18 heavy (non-hydrogen) atoms. The molecule has 1 atom stereocenters. The highest BCUT2D eigenvalue weighted by Gasteiger charge is 2.27. The number of nitrogens with zero attached hydrogens (tertiary/aromatic N) is 3. The summed E-state index contributed by atoms with van der Waals surface area (Å²) in [5.74, 6) is 1.38. The highest BCUT2D eigenvalue weighted by Crippen LogP contribution is 2.20. The fourth-order valence-corrected chi connectivity index (χ4v) is 4.03. The molecule has 0 aromatic carbocycles. The van der Waals surface area contributed by atoms with Gasteiger partial charge in [-0.3, -0.25) is 0 Å². The lowest BCUT2D eigenvalue weighted by molar-refractivity contribution is 0.596. The number of aromatic nitrogens is 4. The maximum absolute atomic E-state index is 11.4. The molecule has 3 heterocycles. The summed E-state index contributed by atoms with van der Waals surface area (Å²) in [5, 5.41) is 3.17. The molecule has 2 N–H and O–H groups in total. The van der Waals surface area contributed by atoms with Crippen LogP contribution in [0.2, 0.25) is 0 Å². The number of sulfone groups is 1. The van der Waals surface area contributed by atoms with Crippen molar-refractivity contribution in [2.45, 2.75) is 6.42 Å². The van der Waals surface area contributed by atoms with E-state index in [1.54, 1.807) is 6.33 Å². The van der Waals surface area contributed by atoms with Crippen molar-refractivity contribution in [2.24, 2.45) is 5.92 Å². The summed E-state index contributed by atoms with van der Waals surface area (Å²) < 4.78 is 22.7. The summed E-state index contributed by atoms with van der Waals surface area (Å²) in [7, 11) is -2.82. The molecule has 0 bridgehead atoms. The van der Waals surface area contributed by atoms with Crippen LogP contribution in [0.25, 0.3) is 11.2 Å². The van der Waals surface area contributed by atoms with Crippen LogP contribution >= 0.6 is 0 Å². The number of aromatic amines is 1. The minimum atomic E-state index is -2.82. The minimum Gasteiger partial charge on any atom is -0.368 e. The smallest absolute Gasteiger partial charge is 0.182 e. The van der Waals surface area contributed by atoms with Gasteiger partial charge in [0, 0.05) is 6.54 Å². The van der Waals surface area contributed by atoms with Gasteiger partial charge >= 0.3 is 0 Å². The van der Waals surface area contributed by atoms with Gasteiger partial charge < -0.3 is 10.3 Å². The second-order valence-electron chi connectivity index (χ2n) is 4.47. The number of rotatable bonds is 3. The number of H-pyrrole nitrogens is 1. The first-order chi connectivity index (χ1) is 8.64. The first-order valence-electron chi connectivity index (χ1n) is 5.72. The molecule has 1 saturated heterocycles. The van der Waals surface area contributed by atoms with E-state index >= 15 is 0 Å². The summed E-state index contributed by atoms with van der Waals surface area (Å²) >= 11 is 0. The molecule has 1 aliphatic heterocycles. The van der Waals surface area contributed by atoms with Crippen molar-refractivity contribution in [1.29, 1.82) is 0 Å². The fraction of sp³-hybridized carbons (Fsp3) is 0.500. The average molecular weight is 267 g/mol. The maximum atomic E-state index is 11.4. The number of hydrogen-bond donors (Lipinski definition) is 2. The zero-order valence-electron chi connectivity index (χ0n) is 9.63. The van der Waals surface area contributed by atoms with Crippen molar-refractivity contribution >= 4 is 26.8 Å². The topological polar surface area (TPSA) is 101 Å². The van der Waals surface area contributed by atoms with Crippen molar-refractivity contribution in [3.63, 3.8) is 0 Å². The van der Waals surface area contributed by atoms with E-state index in [0.717, 1.165) is 5.52 Å². The predicted molar refractivity (Wildman–Crippen MR) is 66.9 cm³/mol.